The van der Waals surface area contributed by atoms with Gasteiger partial charge < -0.3 is 75.7 Å². The van der Waals surface area contributed by atoms with E-state index in [4.69, 9.17) is 51.1 Å². The number of nitrogen functional groups attached to an aromatic ring is 3. The molecule has 13 heterocycles. The van der Waals surface area contributed by atoms with E-state index in [2.05, 4.69) is 50.2 Å². The first-order chi connectivity index (χ1) is 51.3. The molecule has 538 valence electrons. The minimum Gasteiger partial charge on any atom is -0.495 e. The number of piperidine rings is 3. The summed E-state index contributed by atoms with van der Waals surface area (Å²) in [6.07, 6.45) is 10.5. The van der Waals surface area contributed by atoms with Gasteiger partial charge in [-0.3, -0.25) is 4.79 Å². The lowest BCUT2D eigenvalue weighted by Gasteiger charge is -2.34. The van der Waals surface area contributed by atoms with Gasteiger partial charge in [-0.1, -0.05) is 66.7 Å². The molecular weight excluding hydrogens is 1330 g/mol. The smallest absolute Gasteiger partial charge is 0.410 e. The maximum Gasteiger partial charge on any atom is 0.410 e. The largest absolute Gasteiger partial charge is 0.495 e. The number of amides is 4. The fraction of sp³-hybridized carbons (Fsp3) is 0.307. The van der Waals surface area contributed by atoms with E-state index in [0.29, 0.717) is 96.0 Å². The van der Waals surface area contributed by atoms with E-state index in [9.17, 15) is 14.4 Å². The van der Waals surface area contributed by atoms with Crippen molar-refractivity contribution in [1.29, 1.82) is 0 Å². The molecule has 3 fully saturated rings. The number of rotatable bonds is 14. The molecule has 4 aromatic carbocycles. The monoisotopic (exact) mass is 1420 g/mol. The summed E-state index contributed by atoms with van der Waals surface area (Å²) in [4.78, 5) is 86.6. The number of likely N-dealkylation sites (tertiary alicyclic amines) is 3. The molecule has 0 unspecified atom stereocenters. The third-order valence-corrected chi connectivity index (χ3v) is 20.2. The number of benzene rings is 4. The van der Waals surface area contributed by atoms with Gasteiger partial charge in [-0.2, -0.15) is 15.3 Å². The number of carbonyl (C=O) groups is 3. The highest BCUT2D eigenvalue weighted by atomic mass is 16.6. The van der Waals surface area contributed by atoms with Gasteiger partial charge in [0, 0.05) is 92.5 Å². The maximum atomic E-state index is 12.8. The summed E-state index contributed by atoms with van der Waals surface area (Å²) in [5.74, 6) is 6.30. The van der Waals surface area contributed by atoms with Crippen molar-refractivity contribution in [2.24, 2.45) is 0 Å². The number of anilines is 3. The van der Waals surface area contributed by atoms with Gasteiger partial charge in [-0.15, -0.1) is 0 Å². The lowest BCUT2D eigenvalue weighted by atomic mass is 9.96. The number of aromatic nitrogens is 16. The van der Waals surface area contributed by atoms with Crippen LogP contribution in [-0.2, 0) is 11.3 Å². The molecule has 0 saturated carbocycles. The molecule has 3 aliphatic rings. The maximum absolute atomic E-state index is 12.8. The number of urea groups is 1. The van der Waals surface area contributed by atoms with E-state index in [-0.39, 0.29) is 42.4 Å². The second-order valence-electron chi connectivity index (χ2n) is 26.2. The molecule has 10 N–H and O–H groups in total. The van der Waals surface area contributed by atoms with Crippen LogP contribution >= 0.6 is 0 Å². The number of nitrogens with two attached hydrogens (primary N) is 3. The van der Waals surface area contributed by atoms with Crippen molar-refractivity contribution in [3.8, 4) is 51.4 Å². The number of para-hydroxylation sites is 3. The second-order valence-corrected chi connectivity index (χ2v) is 26.2. The molecule has 105 heavy (non-hydrogen) atoms. The van der Waals surface area contributed by atoms with E-state index in [0.717, 1.165) is 142 Å². The zero-order valence-electron chi connectivity index (χ0n) is 58.9. The van der Waals surface area contributed by atoms with Gasteiger partial charge in [0.2, 0.25) is 0 Å². The summed E-state index contributed by atoms with van der Waals surface area (Å²) in [5.41, 5.74) is 29.8. The van der Waals surface area contributed by atoms with Crippen LogP contribution in [0.15, 0.2) is 140 Å². The first kappa shape index (κ1) is 68.0. The number of methoxy groups -OCH3 is 3. The molecule has 0 bridgehead atoms. The van der Waals surface area contributed by atoms with Crippen molar-refractivity contribution >= 4 is 84.7 Å². The molecule has 17 rings (SSSR count). The van der Waals surface area contributed by atoms with Crippen LogP contribution in [0.2, 0.25) is 0 Å². The summed E-state index contributed by atoms with van der Waals surface area (Å²) >= 11 is 0. The molecule has 0 spiro atoms. The summed E-state index contributed by atoms with van der Waals surface area (Å²) in [6, 6.07) is 37.2. The van der Waals surface area contributed by atoms with Crippen LogP contribution in [0.4, 0.5) is 27.0 Å². The van der Waals surface area contributed by atoms with Gasteiger partial charge in [0.1, 0.15) is 99.6 Å². The Morgan fingerprint density at radius 2 is 0.876 bits per heavy atom. The van der Waals surface area contributed by atoms with Crippen LogP contribution < -0.4 is 31.4 Å². The van der Waals surface area contributed by atoms with Crippen molar-refractivity contribution in [1.82, 2.24) is 98.3 Å². The van der Waals surface area contributed by atoms with Crippen LogP contribution in [0.5, 0.6) is 17.2 Å². The third kappa shape index (κ3) is 13.1. The summed E-state index contributed by atoms with van der Waals surface area (Å²) in [7, 11) is 4.95. The number of nitrogens with zero attached hydrogens (tertiary/aromatic N) is 16. The van der Waals surface area contributed by atoms with Crippen molar-refractivity contribution < 1.29 is 33.3 Å². The number of aromatic amines is 4. The van der Waals surface area contributed by atoms with Gasteiger partial charge in [0.05, 0.1) is 55.0 Å². The van der Waals surface area contributed by atoms with E-state index in [1.807, 2.05) is 142 Å². The van der Waals surface area contributed by atoms with E-state index < -0.39 is 0 Å². The quantitative estimate of drug-likeness (QED) is 0.0532. The number of carbonyl (C=O) groups excluding carboxylic acids is 3. The summed E-state index contributed by atoms with van der Waals surface area (Å²) in [6.45, 7) is 9.55. The first-order valence-corrected chi connectivity index (χ1v) is 35.2. The van der Waals surface area contributed by atoms with Gasteiger partial charge in [0.25, 0.3) is 5.91 Å². The van der Waals surface area contributed by atoms with E-state index >= 15 is 0 Å². The molecule has 4 amide bonds. The Morgan fingerprint density at radius 3 is 1.25 bits per heavy atom. The van der Waals surface area contributed by atoms with Gasteiger partial charge >= 0.3 is 12.1 Å². The highest BCUT2D eigenvalue weighted by Crippen LogP contribution is 2.41. The molecule has 0 radical (unpaired) electrons. The van der Waals surface area contributed by atoms with Crippen LogP contribution in [0, 0.1) is 0 Å². The lowest BCUT2D eigenvalue weighted by Crippen LogP contribution is -2.46. The summed E-state index contributed by atoms with van der Waals surface area (Å²) < 4.78 is 27.4. The normalized spacial score (nSPS) is 14.6. The molecule has 3 saturated heterocycles. The number of nitrogens with one attached hydrogen (secondary N) is 4. The van der Waals surface area contributed by atoms with Crippen LogP contribution in [0.25, 0.3) is 83.4 Å². The molecule has 3 aliphatic heterocycles. The predicted molar refractivity (Wildman–Crippen MR) is 398 cm³/mol. The van der Waals surface area contributed by atoms with Crippen LogP contribution in [0.1, 0.15) is 104 Å². The molecule has 14 aromatic rings. The minimum absolute atomic E-state index is 0.0238. The van der Waals surface area contributed by atoms with Gasteiger partial charge in [0.15, 0.2) is 17.5 Å². The Morgan fingerprint density at radius 1 is 0.486 bits per heavy atom. The number of hydrogen-bond acceptors (Lipinski definition) is 19. The minimum atomic E-state index is -0.297. The molecule has 0 atom stereocenters. The Labute approximate surface area is 601 Å². The zero-order valence-corrected chi connectivity index (χ0v) is 58.9. The zero-order chi connectivity index (χ0) is 72.4. The Bertz CT molecular complexity index is 5460. The van der Waals surface area contributed by atoms with Crippen molar-refractivity contribution in [3.05, 3.63) is 169 Å². The Balaban J connectivity index is 0.000000127. The number of imidazole rings is 3. The van der Waals surface area contributed by atoms with Crippen LogP contribution in [-0.4, -0.2) is 190 Å². The standard InChI is InChI=1S/C27H27N7O3.C24H24N8O2.C24H30N8O2/c1-36-21-9-5-8-19-14-20(31-22(19)21)23-24-25(28)29-16-30-34(24)26(32-23)18-10-12-33(13-11-18)27(35)37-15-17-6-3-2-4-7-17;1-34-18-6-2-4-15-12-17(29-19(15)18)20-21-22(25)27-13-28-32(21)23(30-20)14-7-10-31(11-8-14)24(33)16-5-3-9-26-16;1-4-30(5-2)24(33)31-11-9-15(10-12-31)23-29-20(21-22(25)26-14-27-32(21)23)17-13-16-7-6-8-18(34-3)19(16)28-17/h2-9,14,16,18,31H,10-13,15H2,1H3,(H2,28,29,30);2-6,9,12-14,26,29H,7-8,10-11H2,1H3,(H2,25,27,28);6-8,13-15,28H,4-5,9-12H2,1-3H3,(H2,25,26,27). The molecular formula is C75H81N23O7. The fourth-order valence-corrected chi connectivity index (χ4v) is 14.7. The highest BCUT2D eigenvalue weighted by Gasteiger charge is 2.34. The predicted octanol–water partition coefficient (Wildman–Crippen LogP) is 11.1. The number of hydrogen-bond donors (Lipinski definition) is 7. The molecule has 10 aromatic heterocycles. The van der Waals surface area contributed by atoms with Gasteiger partial charge in [-0.05, 0) is 106 Å². The molecule has 30 nitrogen and oxygen atoms in total. The van der Waals surface area contributed by atoms with Crippen molar-refractivity contribution in [2.45, 2.75) is 76.7 Å². The average molecular weight is 1420 g/mol. The number of H-pyrrole nitrogens is 4. The second kappa shape index (κ2) is 29.3. The number of ether oxygens (including phenoxy) is 4. The number of fused-ring (bicyclic) bond motifs is 6. The van der Waals surface area contributed by atoms with E-state index in [1.165, 1.54) is 19.0 Å². The molecule has 30 heteroatoms. The Hall–Kier alpha value is -12.8. The Kier molecular flexibility index (Phi) is 19.0. The van der Waals surface area contributed by atoms with Crippen LogP contribution in [0.3, 0.4) is 0 Å². The SMILES string of the molecule is CCN(CC)C(=O)N1CCC(c2nc(-c3cc4cccc(OC)c4[nH]3)c3c(N)ncnn23)CC1.COc1cccc2cc(-c3nc(C4CCN(C(=O)OCc5ccccc5)CC4)n4ncnc(N)c34)[nH]c12.COc1cccc2cc(-c3nc(C4CCN(C(=O)c5ccc[nH]5)CC4)n4ncnc(N)c34)[nH]c12. The fourth-order valence-electron chi connectivity index (χ4n) is 14.7. The average Bonchev–Trinajstić information content (AvgIpc) is 1.61. The van der Waals surface area contributed by atoms with Crippen molar-refractivity contribution in [3.63, 3.8) is 0 Å². The van der Waals surface area contributed by atoms with E-state index in [1.54, 1.807) is 47.5 Å². The first-order valence-electron chi connectivity index (χ1n) is 35.2. The topological polar surface area (TPSA) is 372 Å². The van der Waals surface area contributed by atoms with Gasteiger partial charge in [-0.25, -0.2) is 53.0 Å². The highest BCUT2D eigenvalue weighted by molar-refractivity contribution is 5.97. The molecule has 0 aliphatic carbocycles. The lowest BCUT2D eigenvalue weighted by molar-refractivity contribution is 0.0705. The van der Waals surface area contributed by atoms with Crippen molar-refractivity contribution in [2.75, 3.05) is 90.9 Å². The summed E-state index contributed by atoms with van der Waals surface area (Å²) in [5, 5.41) is 16.5. The third-order valence-electron chi connectivity index (χ3n) is 20.2.